The van der Waals surface area contributed by atoms with Gasteiger partial charge in [-0.25, -0.2) is 0 Å². The molecule has 1 aliphatic rings. The number of anilines is 3. The lowest BCUT2D eigenvalue weighted by Crippen LogP contribution is -2.26. The number of aromatic nitrogens is 1. The Balaban J connectivity index is 1.38. The third kappa shape index (κ3) is 10.2. The first-order valence-electron chi connectivity index (χ1n) is 21.5. The molecule has 0 N–H and O–H groups in total. The number of hydrogen-bond donors (Lipinski definition) is 0. The first kappa shape index (κ1) is 39.3. The van der Waals surface area contributed by atoms with Crippen molar-refractivity contribution >= 4 is 29.2 Å². The SMILES string of the molecule is CCCCCCCCCCC1(CCCCCCCCCC)c2cc(/C=C/c3ccncc3)ccc2-c2ccc(N(c3ccccc3)c3ccccc3)cc21. The number of benzene rings is 4. The van der Waals surface area contributed by atoms with E-state index in [0.29, 0.717) is 0 Å². The summed E-state index contributed by atoms with van der Waals surface area (Å²) in [5, 5.41) is 0. The Morgan fingerprint density at radius 2 is 0.907 bits per heavy atom. The highest BCUT2D eigenvalue weighted by atomic mass is 15.1. The van der Waals surface area contributed by atoms with Gasteiger partial charge in [0.15, 0.2) is 0 Å². The van der Waals surface area contributed by atoms with Gasteiger partial charge in [-0.3, -0.25) is 4.98 Å². The minimum atomic E-state index is -0.00927. The summed E-state index contributed by atoms with van der Waals surface area (Å²) in [6.07, 6.45) is 32.2. The van der Waals surface area contributed by atoms with Crippen molar-refractivity contribution in [1.29, 1.82) is 0 Å². The number of nitrogens with zero attached hydrogens (tertiary/aromatic N) is 2. The van der Waals surface area contributed by atoms with E-state index >= 15 is 0 Å². The molecule has 2 heteroatoms. The first-order valence-corrected chi connectivity index (χ1v) is 21.5. The van der Waals surface area contributed by atoms with Gasteiger partial charge in [-0.15, -0.1) is 0 Å². The van der Waals surface area contributed by atoms with Gasteiger partial charge >= 0.3 is 0 Å². The topological polar surface area (TPSA) is 16.1 Å². The molecule has 0 aliphatic heterocycles. The smallest absolute Gasteiger partial charge is 0.0465 e. The Morgan fingerprint density at radius 3 is 1.44 bits per heavy atom. The molecule has 4 aromatic carbocycles. The average Bonchev–Trinajstić information content (AvgIpc) is 3.48. The van der Waals surface area contributed by atoms with Gasteiger partial charge in [-0.1, -0.05) is 189 Å². The van der Waals surface area contributed by atoms with Crippen LogP contribution in [0.1, 0.15) is 152 Å². The monoisotopic (exact) mass is 717 g/mol. The fourth-order valence-electron chi connectivity index (χ4n) is 8.80. The third-order valence-electron chi connectivity index (χ3n) is 11.7. The second-order valence-electron chi connectivity index (χ2n) is 15.7. The van der Waals surface area contributed by atoms with E-state index in [-0.39, 0.29) is 5.41 Å². The van der Waals surface area contributed by atoms with E-state index in [2.05, 4.69) is 145 Å². The summed E-state index contributed by atoms with van der Waals surface area (Å²) in [4.78, 5) is 6.68. The van der Waals surface area contributed by atoms with Crippen molar-refractivity contribution in [2.45, 2.75) is 135 Å². The van der Waals surface area contributed by atoms with Gasteiger partial charge in [0.25, 0.3) is 0 Å². The number of fused-ring (bicyclic) bond motifs is 3. The summed E-state index contributed by atoms with van der Waals surface area (Å²) in [5.74, 6) is 0. The Kier molecular flexibility index (Phi) is 15.2. The summed E-state index contributed by atoms with van der Waals surface area (Å²) in [5.41, 5.74) is 12.0. The van der Waals surface area contributed by atoms with Crippen LogP contribution < -0.4 is 4.90 Å². The van der Waals surface area contributed by atoms with Crippen molar-refractivity contribution in [3.8, 4) is 11.1 Å². The minimum absolute atomic E-state index is 0.00927. The van der Waals surface area contributed by atoms with Crippen LogP contribution in [0, 0.1) is 0 Å². The van der Waals surface area contributed by atoms with Crippen molar-refractivity contribution in [3.63, 3.8) is 0 Å². The highest BCUT2D eigenvalue weighted by molar-refractivity contribution is 5.87. The maximum Gasteiger partial charge on any atom is 0.0465 e. The van der Waals surface area contributed by atoms with Crippen molar-refractivity contribution in [1.82, 2.24) is 4.98 Å². The molecular weight excluding hydrogens is 653 g/mol. The van der Waals surface area contributed by atoms with E-state index in [1.165, 1.54) is 160 Å². The third-order valence-corrected chi connectivity index (χ3v) is 11.7. The fourth-order valence-corrected chi connectivity index (χ4v) is 8.80. The Morgan fingerprint density at radius 1 is 0.444 bits per heavy atom. The number of rotatable bonds is 23. The van der Waals surface area contributed by atoms with E-state index in [9.17, 15) is 0 Å². The summed E-state index contributed by atoms with van der Waals surface area (Å²) in [6, 6.07) is 40.7. The van der Waals surface area contributed by atoms with Crippen LogP contribution >= 0.6 is 0 Å². The van der Waals surface area contributed by atoms with Crippen LogP contribution in [0.15, 0.2) is 122 Å². The van der Waals surface area contributed by atoms with E-state index in [4.69, 9.17) is 0 Å². The van der Waals surface area contributed by atoms with E-state index in [1.54, 1.807) is 5.56 Å². The molecule has 0 atom stereocenters. The standard InChI is InChI=1S/C52H64N2/c1-3-5-7-9-11-13-15-23-37-52(38-24-16-14-12-10-8-6-4-2)50-41-44(30-29-43-35-39-53-40-36-43)31-33-48(50)49-34-32-47(42-51(49)52)54(45-25-19-17-20-26-45)46-27-21-18-22-28-46/h17-22,25-36,39-42H,3-16,23-24,37-38H2,1-2H3/b30-29+. The van der Waals surface area contributed by atoms with Crippen molar-refractivity contribution < 1.29 is 0 Å². The molecule has 2 nitrogen and oxygen atoms in total. The largest absolute Gasteiger partial charge is 0.310 e. The molecular formula is C52H64N2. The molecule has 1 aliphatic carbocycles. The van der Waals surface area contributed by atoms with Gasteiger partial charge in [0, 0.05) is 34.9 Å². The molecule has 0 fully saturated rings. The Bertz CT molecular complexity index is 1780. The van der Waals surface area contributed by atoms with Gasteiger partial charge in [-0.2, -0.15) is 0 Å². The lowest BCUT2D eigenvalue weighted by molar-refractivity contribution is 0.397. The Labute approximate surface area is 327 Å². The molecule has 0 bridgehead atoms. The van der Waals surface area contributed by atoms with E-state index in [0.717, 1.165) is 0 Å². The van der Waals surface area contributed by atoms with Crippen molar-refractivity contribution in [2.75, 3.05) is 4.90 Å². The summed E-state index contributed by atoms with van der Waals surface area (Å²) in [7, 11) is 0. The molecule has 54 heavy (non-hydrogen) atoms. The zero-order chi connectivity index (χ0) is 37.3. The second kappa shape index (κ2) is 20.9. The lowest BCUT2D eigenvalue weighted by Gasteiger charge is -2.34. The molecule has 0 amide bonds. The summed E-state index contributed by atoms with van der Waals surface area (Å²) < 4.78 is 0. The molecule has 0 unspecified atom stereocenters. The predicted octanol–water partition coefficient (Wildman–Crippen LogP) is 16.0. The maximum atomic E-state index is 4.23. The number of para-hydroxylation sites is 2. The van der Waals surface area contributed by atoms with E-state index in [1.807, 2.05) is 12.4 Å². The van der Waals surface area contributed by atoms with Crippen LogP contribution in [0.3, 0.4) is 0 Å². The normalized spacial score (nSPS) is 12.9. The van der Waals surface area contributed by atoms with Crippen LogP contribution in [0.4, 0.5) is 17.1 Å². The second-order valence-corrected chi connectivity index (χ2v) is 15.7. The molecule has 6 rings (SSSR count). The lowest BCUT2D eigenvalue weighted by atomic mass is 9.70. The quantitative estimate of drug-likeness (QED) is 0.0626. The molecule has 282 valence electrons. The number of pyridine rings is 1. The minimum Gasteiger partial charge on any atom is -0.310 e. The van der Waals surface area contributed by atoms with Gasteiger partial charge in [-0.05, 0) is 94.8 Å². The van der Waals surface area contributed by atoms with Crippen LogP contribution in [0.25, 0.3) is 23.3 Å². The highest BCUT2D eigenvalue weighted by Crippen LogP contribution is 2.56. The van der Waals surface area contributed by atoms with Gasteiger partial charge in [0.2, 0.25) is 0 Å². The summed E-state index contributed by atoms with van der Waals surface area (Å²) in [6.45, 7) is 4.63. The van der Waals surface area contributed by atoms with Crippen LogP contribution in [-0.2, 0) is 5.41 Å². The molecule has 0 saturated carbocycles. The zero-order valence-corrected chi connectivity index (χ0v) is 33.3. The summed E-state index contributed by atoms with van der Waals surface area (Å²) >= 11 is 0. The molecule has 5 aromatic rings. The average molecular weight is 717 g/mol. The molecule has 1 heterocycles. The molecule has 0 saturated heterocycles. The molecule has 1 aromatic heterocycles. The highest BCUT2D eigenvalue weighted by Gasteiger charge is 2.42. The Hall–Kier alpha value is -4.43. The molecule has 0 radical (unpaired) electrons. The predicted molar refractivity (Wildman–Crippen MR) is 235 cm³/mol. The fraction of sp³-hybridized carbons (Fsp3) is 0.404. The molecule has 0 spiro atoms. The van der Waals surface area contributed by atoms with Crippen LogP contribution in [-0.4, -0.2) is 4.98 Å². The number of hydrogen-bond acceptors (Lipinski definition) is 2. The first-order chi connectivity index (χ1) is 26.7. The zero-order valence-electron chi connectivity index (χ0n) is 33.3. The van der Waals surface area contributed by atoms with E-state index < -0.39 is 0 Å². The van der Waals surface area contributed by atoms with Crippen LogP contribution in [0.5, 0.6) is 0 Å². The maximum absolute atomic E-state index is 4.23. The number of unbranched alkanes of at least 4 members (excludes halogenated alkanes) is 14. The van der Waals surface area contributed by atoms with Gasteiger partial charge < -0.3 is 4.90 Å². The van der Waals surface area contributed by atoms with Crippen LogP contribution in [0.2, 0.25) is 0 Å². The van der Waals surface area contributed by atoms with Crippen molar-refractivity contribution in [3.05, 3.63) is 144 Å². The van der Waals surface area contributed by atoms with Crippen molar-refractivity contribution in [2.24, 2.45) is 0 Å². The van der Waals surface area contributed by atoms with Gasteiger partial charge in [0.1, 0.15) is 0 Å². The van der Waals surface area contributed by atoms with Gasteiger partial charge in [0.05, 0.1) is 0 Å².